The molecule has 2 heterocycles. The Kier molecular flexibility index (Phi) is 4.57. The van der Waals surface area contributed by atoms with Gasteiger partial charge in [-0.05, 0) is 28.0 Å². The predicted molar refractivity (Wildman–Crippen MR) is 114 cm³/mol. The highest BCUT2D eigenvalue weighted by atomic mass is 16.1. The van der Waals surface area contributed by atoms with E-state index in [4.69, 9.17) is 0 Å². The highest BCUT2D eigenvalue weighted by Crippen LogP contribution is 2.29. The Balaban J connectivity index is 1.38. The van der Waals surface area contributed by atoms with Crippen LogP contribution in [-0.2, 0) is 6.54 Å². The molecule has 0 fully saturated rings. The average Bonchev–Trinajstić information content (AvgIpc) is 3.33. The second-order valence-corrected chi connectivity index (χ2v) is 6.87. The summed E-state index contributed by atoms with van der Waals surface area (Å²) in [5, 5.41) is 15.6. The monoisotopic (exact) mass is 395 g/mol. The molecule has 0 amide bonds. The van der Waals surface area contributed by atoms with E-state index < -0.39 is 0 Å². The summed E-state index contributed by atoms with van der Waals surface area (Å²) < 4.78 is 0. The lowest BCUT2D eigenvalue weighted by molar-refractivity contribution is 0.881. The van der Waals surface area contributed by atoms with Gasteiger partial charge in [0.25, 0.3) is 5.56 Å². The lowest BCUT2D eigenvalue weighted by atomic mass is 9.98. The molecule has 1 aliphatic rings. The summed E-state index contributed by atoms with van der Waals surface area (Å²) in [5.41, 5.74) is 4.93. The summed E-state index contributed by atoms with van der Waals surface area (Å²) in [7, 11) is 0. The van der Waals surface area contributed by atoms with E-state index in [9.17, 15) is 4.79 Å². The number of H-pyrrole nitrogens is 2. The minimum absolute atomic E-state index is 0.119. The van der Waals surface area contributed by atoms with Crippen LogP contribution in [0.15, 0.2) is 64.6 Å². The molecule has 2 aromatic heterocycles. The van der Waals surface area contributed by atoms with Crippen molar-refractivity contribution in [2.45, 2.75) is 13.0 Å². The number of nitrogens with one attached hydrogen (secondary N) is 2. The van der Waals surface area contributed by atoms with E-state index in [1.54, 1.807) is 0 Å². The molecule has 4 aromatic rings. The zero-order valence-corrected chi connectivity index (χ0v) is 15.9. The minimum Gasteiger partial charge on any atom is -0.313 e. The SMILES string of the molecule is O=c1[nH]cnc2c1=CCC(=NCc1ccc(-c3ccccc3-c3nn[nH]n3)cc1)C=2. The van der Waals surface area contributed by atoms with E-state index in [-0.39, 0.29) is 5.56 Å². The van der Waals surface area contributed by atoms with Crippen molar-refractivity contribution >= 4 is 17.9 Å². The molecule has 0 radical (unpaired) electrons. The van der Waals surface area contributed by atoms with Crippen LogP contribution >= 0.6 is 0 Å². The molecule has 2 N–H and O–H groups in total. The Morgan fingerprint density at radius 2 is 1.87 bits per heavy atom. The molecule has 8 nitrogen and oxygen atoms in total. The lowest BCUT2D eigenvalue weighted by Gasteiger charge is -2.08. The summed E-state index contributed by atoms with van der Waals surface area (Å²) in [6.07, 6.45) is 5.79. The molecule has 0 spiro atoms. The molecule has 0 aliphatic heterocycles. The quantitative estimate of drug-likeness (QED) is 0.540. The third-order valence-electron chi connectivity index (χ3n) is 4.98. The van der Waals surface area contributed by atoms with Crippen LogP contribution in [-0.4, -0.2) is 36.3 Å². The Bertz CT molecular complexity index is 1400. The van der Waals surface area contributed by atoms with Gasteiger partial charge in [0.05, 0.1) is 23.4 Å². The minimum atomic E-state index is -0.119. The molecule has 0 saturated heterocycles. The number of hydrogen-bond acceptors (Lipinski definition) is 6. The van der Waals surface area contributed by atoms with Gasteiger partial charge in [0, 0.05) is 17.7 Å². The third-order valence-corrected chi connectivity index (χ3v) is 4.98. The van der Waals surface area contributed by atoms with Crippen LogP contribution in [0.5, 0.6) is 0 Å². The first-order valence-electron chi connectivity index (χ1n) is 9.49. The number of fused-ring (bicyclic) bond motifs is 1. The fourth-order valence-corrected chi connectivity index (χ4v) is 3.46. The Morgan fingerprint density at radius 1 is 1.03 bits per heavy atom. The molecule has 8 heteroatoms. The number of nitrogens with zero attached hydrogens (tertiary/aromatic N) is 5. The van der Waals surface area contributed by atoms with Gasteiger partial charge in [-0.2, -0.15) is 5.21 Å². The number of hydrogen-bond donors (Lipinski definition) is 2. The molecule has 0 atom stereocenters. The van der Waals surface area contributed by atoms with Crippen molar-refractivity contribution in [2.24, 2.45) is 4.99 Å². The fraction of sp³-hybridized carbons (Fsp3) is 0.0909. The van der Waals surface area contributed by atoms with E-state index in [1.165, 1.54) is 6.33 Å². The van der Waals surface area contributed by atoms with Crippen molar-refractivity contribution in [3.8, 4) is 22.5 Å². The molecular weight excluding hydrogens is 378 g/mol. The van der Waals surface area contributed by atoms with Gasteiger partial charge in [0.1, 0.15) is 0 Å². The van der Waals surface area contributed by atoms with E-state index >= 15 is 0 Å². The molecule has 1 aliphatic carbocycles. The van der Waals surface area contributed by atoms with Crippen molar-refractivity contribution in [3.63, 3.8) is 0 Å². The Hall–Kier alpha value is -4.20. The van der Waals surface area contributed by atoms with Crippen LogP contribution in [0.4, 0.5) is 0 Å². The second kappa shape index (κ2) is 7.67. The van der Waals surface area contributed by atoms with Crippen molar-refractivity contribution in [2.75, 3.05) is 0 Å². The zero-order valence-electron chi connectivity index (χ0n) is 15.9. The van der Waals surface area contributed by atoms with E-state index in [0.29, 0.717) is 29.4 Å². The number of aromatic nitrogens is 6. The van der Waals surface area contributed by atoms with Crippen LogP contribution in [0.2, 0.25) is 0 Å². The van der Waals surface area contributed by atoms with Crippen molar-refractivity contribution in [1.82, 2.24) is 30.6 Å². The van der Waals surface area contributed by atoms with Gasteiger partial charge in [-0.1, -0.05) is 54.6 Å². The van der Waals surface area contributed by atoms with E-state index in [2.05, 4.69) is 59.8 Å². The normalized spacial score (nSPS) is 14.1. The molecule has 0 unspecified atom stereocenters. The van der Waals surface area contributed by atoms with Gasteiger partial charge in [0.15, 0.2) is 0 Å². The maximum absolute atomic E-state index is 11.8. The van der Waals surface area contributed by atoms with Crippen molar-refractivity contribution in [3.05, 3.63) is 81.3 Å². The molecule has 0 bridgehead atoms. The lowest BCUT2D eigenvalue weighted by Crippen LogP contribution is -2.44. The van der Waals surface area contributed by atoms with Crippen LogP contribution in [0, 0.1) is 0 Å². The maximum Gasteiger partial charge on any atom is 0.258 e. The summed E-state index contributed by atoms with van der Waals surface area (Å²) in [4.78, 5) is 23.3. The smallest absolute Gasteiger partial charge is 0.258 e. The fourth-order valence-electron chi connectivity index (χ4n) is 3.46. The van der Waals surface area contributed by atoms with E-state index in [1.807, 2.05) is 36.4 Å². The first kappa shape index (κ1) is 17.9. The Labute approximate surface area is 170 Å². The third kappa shape index (κ3) is 3.46. The van der Waals surface area contributed by atoms with E-state index in [0.717, 1.165) is 28.0 Å². The average molecular weight is 395 g/mol. The molecule has 5 rings (SSSR count). The van der Waals surface area contributed by atoms with Crippen LogP contribution in [0.25, 0.3) is 34.7 Å². The highest BCUT2D eigenvalue weighted by Gasteiger charge is 2.10. The number of tetrazole rings is 1. The van der Waals surface area contributed by atoms with Crippen LogP contribution < -0.4 is 16.1 Å². The summed E-state index contributed by atoms with van der Waals surface area (Å²) in [6, 6.07) is 16.2. The Morgan fingerprint density at radius 3 is 2.67 bits per heavy atom. The van der Waals surface area contributed by atoms with Crippen molar-refractivity contribution < 1.29 is 0 Å². The number of aromatic amines is 2. The number of rotatable bonds is 4. The second-order valence-electron chi connectivity index (χ2n) is 6.87. The first-order chi connectivity index (χ1) is 14.8. The predicted octanol–water partition coefficient (Wildman–Crippen LogP) is 1.22. The van der Waals surface area contributed by atoms with Gasteiger partial charge in [-0.15, -0.1) is 10.2 Å². The number of aliphatic imine (C=N–C) groups is 1. The van der Waals surface area contributed by atoms with Gasteiger partial charge in [0.2, 0.25) is 5.82 Å². The summed E-state index contributed by atoms with van der Waals surface area (Å²) in [6.45, 7) is 0.560. The van der Waals surface area contributed by atoms with Gasteiger partial charge in [-0.25, -0.2) is 4.98 Å². The highest BCUT2D eigenvalue weighted by molar-refractivity contribution is 6.12. The number of benzene rings is 2. The van der Waals surface area contributed by atoms with Gasteiger partial charge >= 0.3 is 0 Å². The topological polar surface area (TPSA) is 113 Å². The van der Waals surface area contributed by atoms with Crippen LogP contribution in [0.3, 0.4) is 0 Å². The van der Waals surface area contributed by atoms with Gasteiger partial charge < -0.3 is 4.98 Å². The summed E-state index contributed by atoms with van der Waals surface area (Å²) in [5.74, 6) is 0.567. The molecular formula is C22H17N7O. The molecule has 0 saturated carbocycles. The standard InChI is InChI=1S/C22H17N7O/c30-22-19-10-9-16(11-20(19)24-13-25-22)23-12-14-5-7-15(8-6-14)17-3-1-2-4-18(17)21-26-28-29-27-21/h1-8,10-11,13H,9,12H2,(H,24,25,30)(H,26,27,28,29). The molecule has 2 aromatic carbocycles. The van der Waals surface area contributed by atoms with Crippen molar-refractivity contribution in [1.29, 1.82) is 0 Å². The van der Waals surface area contributed by atoms with Gasteiger partial charge in [-0.3, -0.25) is 9.79 Å². The largest absolute Gasteiger partial charge is 0.313 e. The first-order valence-corrected chi connectivity index (χ1v) is 9.49. The summed E-state index contributed by atoms with van der Waals surface area (Å²) >= 11 is 0. The molecule has 30 heavy (non-hydrogen) atoms. The van der Waals surface area contributed by atoms with Crippen LogP contribution in [0.1, 0.15) is 12.0 Å². The zero-order chi connectivity index (χ0) is 20.3. The maximum atomic E-state index is 11.8. The molecule has 146 valence electrons.